The van der Waals surface area contributed by atoms with Crippen LogP contribution in [-0.2, 0) is 16.1 Å². The number of rotatable bonds is 10. The number of hydrogen-bond acceptors (Lipinski definition) is 6. The second-order valence-electron chi connectivity index (χ2n) is 12.2. The van der Waals surface area contributed by atoms with E-state index in [0.717, 1.165) is 44.8 Å². The Labute approximate surface area is 259 Å². The van der Waals surface area contributed by atoms with E-state index in [9.17, 15) is 9.59 Å². The van der Waals surface area contributed by atoms with Crippen LogP contribution in [0.2, 0.25) is 0 Å². The SMILES string of the molecule is CCC(CC)C(=O)O.CO.COc1ccc(CN2C(=O)CC(N)C[C@H]2CCC2C(C)C=CC3=C[C@H](C)CCC32)cc1OC. The first-order chi connectivity index (χ1) is 20.6. The number of aliphatic carboxylic acids is 1. The molecule has 0 saturated carbocycles. The normalized spacial score (nSPS) is 26.3. The topological polar surface area (TPSA) is 122 Å². The van der Waals surface area contributed by atoms with Crippen LogP contribution in [0.25, 0.3) is 0 Å². The van der Waals surface area contributed by atoms with Crippen LogP contribution in [0.15, 0.2) is 42.0 Å². The number of benzene rings is 1. The van der Waals surface area contributed by atoms with Gasteiger partial charge in [-0.15, -0.1) is 0 Å². The Bertz CT molecular complexity index is 1080. The minimum Gasteiger partial charge on any atom is -0.493 e. The molecule has 1 aromatic carbocycles. The minimum atomic E-state index is -0.671. The Balaban J connectivity index is 0.000000561. The van der Waals surface area contributed by atoms with Crippen LogP contribution in [0.5, 0.6) is 11.5 Å². The van der Waals surface area contributed by atoms with Crippen LogP contribution in [-0.4, -0.2) is 60.4 Å². The number of carboxylic acids is 1. The molecule has 1 aromatic rings. The molecular formula is C35H56N2O6. The number of aliphatic hydroxyl groups is 1. The van der Waals surface area contributed by atoms with Crippen molar-refractivity contribution in [3.8, 4) is 11.5 Å². The van der Waals surface area contributed by atoms with Gasteiger partial charge in [-0.3, -0.25) is 9.59 Å². The van der Waals surface area contributed by atoms with Gasteiger partial charge in [0.25, 0.3) is 0 Å². The summed E-state index contributed by atoms with van der Waals surface area (Å²) in [5.74, 6) is 3.32. The molecule has 3 aliphatic rings. The van der Waals surface area contributed by atoms with Crippen molar-refractivity contribution in [1.82, 2.24) is 4.90 Å². The van der Waals surface area contributed by atoms with E-state index in [-0.39, 0.29) is 23.9 Å². The van der Waals surface area contributed by atoms with E-state index in [0.29, 0.717) is 48.1 Å². The fraction of sp³-hybridized carbons (Fsp3) is 0.657. The molecule has 2 aliphatic carbocycles. The van der Waals surface area contributed by atoms with E-state index in [4.69, 9.17) is 25.4 Å². The molecule has 0 aromatic heterocycles. The van der Waals surface area contributed by atoms with Gasteiger partial charge in [0, 0.05) is 32.2 Å². The summed E-state index contributed by atoms with van der Waals surface area (Å²) in [6, 6.07) is 6.05. The summed E-state index contributed by atoms with van der Waals surface area (Å²) in [5, 5.41) is 15.4. The van der Waals surface area contributed by atoms with Crippen molar-refractivity contribution < 1.29 is 29.3 Å². The number of amides is 1. The summed E-state index contributed by atoms with van der Waals surface area (Å²) in [7, 11) is 4.28. The number of hydrogen-bond donors (Lipinski definition) is 3. The monoisotopic (exact) mass is 600 g/mol. The van der Waals surface area contributed by atoms with E-state index in [1.54, 1.807) is 14.2 Å². The molecular weight excluding hydrogens is 544 g/mol. The van der Waals surface area contributed by atoms with E-state index < -0.39 is 5.97 Å². The lowest BCUT2D eigenvalue weighted by Crippen LogP contribution is -2.50. The summed E-state index contributed by atoms with van der Waals surface area (Å²) >= 11 is 0. The number of allylic oxidation sites excluding steroid dienone is 4. The third kappa shape index (κ3) is 10.1. The molecule has 1 amide bonds. The lowest BCUT2D eigenvalue weighted by Gasteiger charge is -2.42. The number of ether oxygens (including phenoxy) is 2. The van der Waals surface area contributed by atoms with Crippen LogP contribution < -0.4 is 15.2 Å². The van der Waals surface area contributed by atoms with E-state index in [2.05, 4.69) is 37.0 Å². The number of methoxy groups -OCH3 is 2. The number of carboxylic acid groups (broad SMARTS) is 1. The molecule has 0 bridgehead atoms. The fourth-order valence-corrected chi connectivity index (χ4v) is 6.82. The van der Waals surface area contributed by atoms with Gasteiger partial charge in [0.05, 0.1) is 20.1 Å². The van der Waals surface area contributed by atoms with E-state index >= 15 is 0 Å². The van der Waals surface area contributed by atoms with Gasteiger partial charge in [-0.05, 0) is 91.9 Å². The van der Waals surface area contributed by atoms with Crippen molar-refractivity contribution in [1.29, 1.82) is 0 Å². The Hall–Kier alpha value is -2.84. The smallest absolute Gasteiger partial charge is 0.306 e. The number of fused-ring (bicyclic) bond motifs is 1. The molecule has 0 spiro atoms. The number of likely N-dealkylation sites (tertiary alicyclic amines) is 1. The molecule has 1 fully saturated rings. The molecule has 8 heteroatoms. The Morgan fingerprint density at radius 2 is 1.74 bits per heavy atom. The zero-order valence-corrected chi connectivity index (χ0v) is 27.4. The maximum atomic E-state index is 13.0. The third-order valence-electron chi connectivity index (χ3n) is 9.36. The highest BCUT2D eigenvalue weighted by Crippen LogP contribution is 2.44. The van der Waals surface area contributed by atoms with Gasteiger partial charge in [-0.1, -0.05) is 52.0 Å². The van der Waals surface area contributed by atoms with Crippen LogP contribution in [0, 0.1) is 29.6 Å². The van der Waals surface area contributed by atoms with Gasteiger partial charge in [0.2, 0.25) is 5.91 Å². The Morgan fingerprint density at radius 3 is 2.33 bits per heavy atom. The number of carbonyl (C=O) groups is 2. The number of carbonyl (C=O) groups excluding carboxylic acids is 1. The molecule has 6 atom stereocenters. The van der Waals surface area contributed by atoms with Crippen molar-refractivity contribution >= 4 is 11.9 Å². The van der Waals surface area contributed by atoms with Crippen LogP contribution in [0.4, 0.5) is 0 Å². The van der Waals surface area contributed by atoms with E-state index in [1.165, 1.54) is 18.4 Å². The Kier molecular flexibility index (Phi) is 15.3. The highest BCUT2D eigenvalue weighted by molar-refractivity contribution is 5.78. The zero-order chi connectivity index (χ0) is 32.1. The molecule has 43 heavy (non-hydrogen) atoms. The maximum Gasteiger partial charge on any atom is 0.306 e. The summed E-state index contributed by atoms with van der Waals surface area (Å²) in [5.41, 5.74) is 8.90. The standard InChI is InChI=1S/C28H40N2O3.C6H12O2.CH4O/c1-18-5-10-25-21(13-18)8-6-19(2)24(25)11-9-23-15-22(29)16-28(31)30(23)17-20-7-12-26(32-3)27(14-20)33-4;1-3-5(4-2)6(7)8;1-2/h6-8,12-14,18-19,22-25H,5,9-11,15-17,29H2,1-4H3;5H,3-4H2,1-2H3,(H,7,8);2H,1H3/t18-,19?,22?,23-,24?,25?;;/m1../s1. The lowest BCUT2D eigenvalue weighted by molar-refractivity contribution is -0.142. The lowest BCUT2D eigenvalue weighted by atomic mass is 9.66. The van der Waals surface area contributed by atoms with Crippen LogP contribution in [0.1, 0.15) is 84.6 Å². The van der Waals surface area contributed by atoms with Crippen molar-refractivity contribution in [2.45, 2.75) is 97.7 Å². The van der Waals surface area contributed by atoms with Crippen molar-refractivity contribution in [2.24, 2.45) is 35.3 Å². The van der Waals surface area contributed by atoms with Crippen LogP contribution >= 0.6 is 0 Å². The number of aliphatic hydroxyl groups excluding tert-OH is 1. The molecule has 1 aliphatic heterocycles. The largest absolute Gasteiger partial charge is 0.493 e. The van der Waals surface area contributed by atoms with Gasteiger partial charge in [-0.25, -0.2) is 0 Å². The first-order valence-corrected chi connectivity index (χ1v) is 15.9. The highest BCUT2D eigenvalue weighted by atomic mass is 16.5. The third-order valence-corrected chi connectivity index (χ3v) is 9.36. The van der Waals surface area contributed by atoms with Gasteiger partial charge >= 0.3 is 5.97 Å². The second kappa shape index (κ2) is 18.1. The summed E-state index contributed by atoms with van der Waals surface area (Å²) in [6.07, 6.45) is 14.7. The quantitative estimate of drug-likeness (QED) is 0.292. The van der Waals surface area contributed by atoms with Crippen molar-refractivity contribution in [2.75, 3.05) is 21.3 Å². The maximum absolute atomic E-state index is 13.0. The molecule has 1 saturated heterocycles. The van der Waals surface area contributed by atoms with Crippen LogP contribution in [0.3, 0.4) is 0 Å². The number of nitrogens with two attached hydrogens (primary N) is 1. The molecule has 4 N–H and O–H groups in total. The van der Waals surface area contributed by atoms with Crippen molar-refractivity contribution in [3.63, 3.8) is 0 Å². The molecule has 4 rings (SSSR count). The highest BCUT2D eigenvalue weighted by Gasteiger charge is 2.36. The second-order valence-corrected chi connectivity index (χ2v) is 12.2. The summed E-state index contributed by atoms with van der Waals surface area (Å²) < 4.78 is 10.8. The number of nitrogens with zero attached hydrogens (tertiary/aromatic N) is 1. The molecule has 1 heterocycles. The predicted octanol–water partition coefficient (Wildman–Crippen LogP) is 6.21. The first-order valence-electron chi connectivity index (χ1n) is 15.9. The van der Waals surface area contributed by atoms with Gasteiger partial charge in [0.15, 0.2) is 11.5 Å². The molecule has 0 radical (unpaired) electrons. The average molecular weight is 601 g/mol. The predicted molar refractivity (Wildman–Crippen MR) is 172 cm³/mol. The summed E-state index contributed by atoms with van der Waals surface area (Å²) in [6.45, 7) is 9.05. The minimum absolute atomic E-state index is 0.0428. The molecule has 4 unspecified atom stereocenters. The zero-order valence-electron chi connectivity index (χ0n) is 27.4. The first kappa shape index (κ1) is 36.4. The average Bonchev–Trinajstić information content (AvgIpc) is 3.00. The molecule has 242 valence electrons. The Morgan fingerprint density at radius 1 is 1.07 bits per heavy atom. The summed E-state index contributed by atoms with van der Waals surface area (Å²) in [4.78, 5) is 25.3. The van der Waals surface area contributed by atoms with Gasteiger partial charge < -0.3 is 30.3 Å². The van der Waals surface area contributed by atoms with Crippen molar-refractivity contribution in [3.05, 3.63) is 47.6 Å². The van der Waals surface area contributed by atoms with Gasteiger partial charge in [0.1, 0.15) is 0 Å². The molecule has 8 nitrogen and oxygen atoms in total. The number of piperidine rings is 1. The fourth-order valence-electron chi connectivity index (χ4n) is 6.82. The van der Waals surface area contributed by atoms with Gasteiger partial charge in [-0.2, -0.15) is 0 Å². The van der Waals surface area contributed by atoms with E-state index in [1.807, 2.05) is 32.0 Å².